The number of carboxylic acids is 1. The first-order valence-corrected chi connectivity index (χ1v) is 6.76. The summed E-state index contributed by atoms with van der Waals surface area (Å²) < 4.78 is 0. The van der Waals surface area contributed by atoms with Crippen LogP contribution in [0.15, 0.2) is 0 Å². The fraction of sp³-hybridized carbons (Fsp3) is 0.769. The van der Waals surface area contributed by atoms with Crippen molar-refractivity contribution in [1.82, 2.24) is 15.5 Å². The molecular formula is C13H23N3O4. The summed E-state index contributed by atoms with van der Waals surface area (Å²) in [5.74, 6) is -1.35. The lowest BCUT2D eigenvalue weighted by atomic mass is 9.74. The van der Waals surface area contributed by atoms with E-state index in [1.807, 2.05) is 0 Å². The van der Waals surface area contributed by atoms with Crippen LogP contribution in [0, 0.1) is 5.92 Å². The second-order valence-corrected chi connectivity index (χ2v) is 5.53. The maximum absolute atomic E-state index is 12.1. The van der Waals surface area contributed by atoms with Crippen LogP contribution in [0.4, 0.5) is 4.79 Å². The molecule has 0 bridgehead atoms. The lowest BCUT2D eigenvalue weighted by molar-refractivity contribution is -0.139. The summed E-state index contributed by atoms with van der Waals surface area (Å²) in [6.45, 7) is 2.02. The van der Waals surface area contributed by atoms with Crippen LogP contribution in [-0.2, 0) is 9.59 Å². The van der Waals surface area contributed by atoms with E-state index in [0.717, 1.165) is 6.42 Å². The van der Waals surface area contributed by atoms with Gasteiger partial charge in [-0.15, -0.1) is 0 Å². The lowest BCUT2D eigenvalue weighted by Crippen LogP contribution is -2.58. The Morgan fingerprint density at radius 2 is 1.95 bits per heavy atom. The zero-order valence-electron chi connectivity index (χ0n) is 12.2. The molecule has 1 aliphatic rings. The molecule has 1 aliphatic carbocycles. The third-order valence-electron chi connectivity index (χ3n) is 3.76. The summed E-state index contributed by atoms with van der Waals surface area (Å²) >= 11 is 0. The van der Waals surface area contributed by atoms with Crippen LogP contribution in [0.1, 0.15) is 32.6 Å². The van der Waals surface area contributed by atoms with Gasteiger partial charge in [-0.3, -0.25) is 9.59 Å². The van der Waals surface area contributed by atoms with Crippen LogP contribution >= 0.6 is 0 Å². The van der Waals surface area contributed by atoms with E-state index in [2.05, 4.69) is 10.6 Å². The summed E-state index contributed by atoms with van der Waals surface area (Å²) in [5.41, 5.74) is -0.618. The maximum Gasteiger partial charge on any atom is 0.317 e. The van der Waals surface area contributed by atoms with E-state index >= 15 is 0 Å². The molecule has 1 atom stereocenters. The smallest absolute Gasteiger partial charge is 0.317 e. The molecule has 7 nitrogen and oxygen atoms in total. The quantitative estimate of drug-likeness (QED) is 0.658. The Kier molecular flexibility index (Phi) is 5.35. The number of urea groups is 1. The fourth-order valence-electron chi connectivity index (χ4n) is 2.38. The molecule has 20 heavy (non-hydrogen) atoms. The number of carbonyl (C=O) groups is 3. The highest BCUT2D eigenvalue weighted by Gasteiger charge is 2.41. The van der Waals surface area contributed by atoms with Crippen molar-refractivity contribution in [3.63, 3.8) is 0 Å². The number of carboxylic acid groups (broad SMARTS) is 1. The summed E-state index contributed by atoms with van der Waals surface area (Å²) in [5, 5.41) is 14.2. The van der Waals surface area contributed by atoms with E-state index in [0.29, 0.717) is 12.8 Å². The van der Waals surface area contributed by atoms with Crippen molar-refractivity contribution in [1.29, 1.82) is 0 Å². The molecule has 1 fully saturated rings. The summed E-state index contributed by atoms with van der Waals surface area (Å²) in [4.78, 5) is 35.8. The van der Waals surface area contributed by atoms with Crippen molar-refractivity contribution in [2.24, 2.45) is 5.92 Å². The topological polar surface area (TPSA) is 98.7 Å². The highest BCUT2D eigenvalue weighted by atomic mass is 16.4. The highest BCUT2D eigenvalue weighted by molar-refractivity contribution is 5.80. The third-order valence-corrected chi connectivity index (χ3v) is 3.76. The summed E-state index contributed by atoms with van der Waals surface area (Å²) in [7, 11) is 3.15. The van der Waals surface area contributed by atoms with Gasteiger partial charge < -0.3 is 20.6 Å². The molecule has 1 rings (SSSR count). The van der Waals surface area contributed by atoms with Gasteiger partial charge in [0.1, 0.15) is 0 Å². The van der Waals surface area contributed by atoms with Crippen LogP contribution in [0.5, 0.6) is 0 Å². The molecule has 1 unspecified atom stereocenters. The Balaban J connectivity index is 2.52. The molecule has 3 N–H and O–H groups in total. The molecule has 0 aromatic heterocycles. The molecule has 0 aromatic carbocycles. The lowest BCUT2D eigenvalue weighted by Gasteiger charge is -2.42. The minimum absolute atomic E-state index is 0.0580. The molecule has 7 heteroatoms. The monoisotopic (exact) mass is 285 g/mol. The largest absolute Gasteiger partial charge is 0.481 e. The minimum Gasteiger partial charge on any atom is -0.481 e. The van der Waals surface area contributed by atoms with Crippen molar-refractivity contribution in [3.05, 3.63) is 0 Å². The molecule has 1 saturated carbocycles. The van der Waals surface area contributed by atoms with Crippen molar-refractivity contribution in [3.8, 4) is 0 Å². The molecule has 0 aliphatic heterocycles. The first-order valence-electron chi connectivity index (χ1n) is 6.76. The number of aliphatic carboxylic acids is 1. The van der Waals surface area contributed by atoms with Crippen molar-refractivity contribution >= 4 is 17.9 Å². The van der Waals surface area contributed by atoms with E-state index in [9.17, 15) is 14.4 Å². The van der Waals surface area contributed by atoms with Gasteiger partial charge in [0, 0.05) is 20.6 Å². The van der Waals surface area contributed by atoms with Crippen molar-refractivity contribution in [2.75, 3.05) is 20.6 Å². The van der Waals surface area contributed by atoms with Crippen LogP contribution < -0.4 is 10.6 Å². The number of hydrogen-bond donors (Lipinski definition) is 3. The van der Waals surface area contributed by atoms with Gasteiger partial charge in [-0.05, 0) is 19.3 Å². The van der Waals surface area contributed by atoms with Gasteiger partial charge in [0.05, 0.1) is 17.9 Å². The minimum atomic E-state index is -0.911. The zero-order chi connectivity index (χ0) is 15.3. The highest BCUT2D eigenvalue weighted by Crippen LogP contribution is 2.35. The average Bonchev–Trinajstić information content (AvgIpc) is 2.34. The molecule has 0 aromatic rings. The normalized spacial score (nSPS) is 17.6. The van der Waals surface area contributed by atoms with Crippen molar-refractivity contribution < 1.29 is 19.5 Å². The molecule has 0 saturated heterocycles. The van der Waals surface area contributed by atoms with Gasteiger partial charge in [0.25, 0.3) is 0 Å². The second kappa shape index (κ2) is 6.58. The SMILES string of the molecule is CNC(=O)C(C)CN(C)C(=O)NC1(CC(=O)O)CCC1. The molecule has 0 spiro atoms. The number of hydrogen-bond acceptors (Lipinski definition) is 3. The first-order chi connectivity index (χ1) is 9.29. The third kappa shape index (κ3) is 4.11. The molecule has 0 radical (unpaired) electrons. The predicted octanol–water partition coefficient (Wildman–Crippen LogP) is 0.407. The van der Waals surface area contributed by atoms with Gasteiger partial charge >= 0.3 is 12.0 Å². The predicted molar refractivity (Wildman–Crippen MR) is 73.2 cm³/mol. The van der Waals surface area contributed by atoms with Gasteiger partial charge in [0.2, 0.25) is 5.91 Å². The second-order valence-electron chi connectivity index (χ2n) is 5.53. The molecule has 3 amide bonds. The Morgan fingerprint density at radius 1 is 1.35 bits per heavy atom. The number of carbonyl (C=O) groups excluding carboxylic acids is 2. The van der Waals surface area contributed by atoms with E-state index in [4.69, 9.17) is 5.11 Å². The van der Waals surface area contributed by atoms with E-state index in [1.165, 1.54) is 4.90 Å². The van der Waals surface area contributed by atoms with Crippen LogP contribution in [0.25, 0.3) is 0 Å². The summed E-state index contributed by atoms with van der Waals surface area (Å²) in [6, 6.07) is -0.332. The number of nitrogens with zero attached hydrogens (tertiary/aromatic N) is 1. The van der Waals surface area contributed by atoms with E-state index in [1.54, 1.807) is 21.0 Å². The molecular weight excluding hydrogens is 262 g/mol. The standard InChI is InChI=1S/C13H23N3O4/c1-9(11(19)14-2)8-16(3)12(20)15-13(5-4-6-13)7-10(17)18/h9H,4-8H2,1-3H3,(H,14,19)(H,15,20)(H,17,18). The number of amides is 3. The number of nitrogens with one attached hydrogen (secondary N) is 2. The Hall–Kier alpha value is -1.79. The van der Waals surface area contributed by atoms with Gasteiger partial charge in [-0.1, -0.05) is 6.92 Å². The molecule has 0 heterocycles. The molecule has 114 valence electrons. The Bertz CT molecular complexity index is 393. The van der Waals surface area contributed by atoms with Crippen LogP contribution in [0.3, 0.4) is 0 Å². The van der Waals surface area contributed by atoms with E-state index in [-0.39, 0.29) is 30.8 Å². The Labute approximate surface area is 118 Å². The van der Waals surface area contributed by atoms with Gasteiger partial charge in [-0.25, -0.2) is 4.79 Å². The number of rotatable bonds is 6. The Morgan fingerprint density at radius 3 is 2.35 bits per heavy atom. The zero-order valence-corrected chi connectivity index (χ0v) is 12.2. The van der Waals surface area contributed by atoms with Crippen molar-refractivity contribution in [2.45, 2.75) is 38.1 Å². The maximum atomic E-state index is 12.1. The van der Waals surface area contributed by atoms with E-state index < -0.39 is 11.5 Å². The average molecular weight is 285 g/mol. The first kappa shape index (κ1) is 16.3. The summed E-state index contributed by atoms with van der Waals surface area (Å²) in [6.07, 6.45) is 2.23. The van der Waals surface area contributed by atoms with Crippen LogP contribution in [0.2, 0.25) is 0 Å². The van der Waals surface area contributed by atoms with Gasteiger partial charge in [0.15, 0.2) is 0 Å². The fourth-order valence-corrected chi connectivity index (χ4v) is 2.38. The van der Waals surface area contributed by atoms with Gasteiger partial charge in [-0.2, -0.15) is 0 Å². The van der Waals surface area contributed by atoms with Crippen LogP contribution in [-0.4, -0.2) is 54.1 Å².